The Morgan fingerprint density at radius 2 is 2.07 bits per heavy atom. The largest absolute Gasteiger partial charge is 0.469 e. The van der Waals surface area contributed by atoms with Gasteiger partial charge in [0.05, 0.1) is 18.1 Å². The van der Waals surface area contributed by atoms with Gasteiger partial charge in [-0.25, -0.2) is 0 Å². The molecule has 9 heteroatoms. The second-order valence-electron chi connectivity index (χ2n) is 7.90. The smallest absolute Gasteiger partial charge is 0.312 e. The first-order chi connectivity index (χ1) is 14.4. The van der Waals surface area contributed by atoms with Gasteiger partial charge in [0, 0.05) is 42.3 Å². The average molecular weight is 452 g/mol. The van der Waals surface area contributed by atoms with Crippen LogP contribution in [-0.4, -0.2) is 54.7 Å². The highest BCUT2D eigenvalue weighted by Crippen LogP contribution is 2.32. The Morgan fingerprint density at radius 3 is 2.77 bits per heavy atom. The van der Waals surface area contributed by atoms with Crippen LogP contribution in [0.3, 0.4) is 0 Å². The van der Waals surface area contributed by atoms with E-state index in [0.717, 1.165) is 19.0 Å². The number of carbonyl (C=O) groups excluding carboxylic acids is 2. The van der Waals surface area contributed by atoms with E-state index in [1.54, 1.807) is 18.2 Å². The maximum atomic E-state index is 12.8. The summed E-state index contributed by atoms with van der Waals surface area (Å²) in [5.74, 6) is -0.0176. The molecule has 7 nitrogen and oxygen atoms in total. The predicted octanol–water partition coefficient (Wildman–Crippen LogP) is 3.65. The number of rotatable bonds is 6. The van der Waals surface area contributed by atoms with Gasteiger partial charge in [-0.2, -0.15) is 0 Å². The maximum absolute atomic E-state index is 12.8. The lowest BCUT2D eigenvalue weighted by Crippen LogP contribution is -2.54. The second-order valence-corrected chi connectivity index (χ2v) is 8.75. The summed E-state index contributed by atoms with van der Waals surface area (Å²) in [4.78, 5) is 27.4. The summed E-state index contributed by atoms with van der Waals surface area (Å²) in [5, 5.41) is 7.71. The number of likely N-dealkylation sites (tertiary alicyclic amines) is 1. The van der Waals surface area contributed by atoms with Gasteiger partial charge >= 0.3 is 5.97 Å². The van der Waals surface area contributed by atoms with E-state index in [9.17, 15) is 9.59 Å². The highest BCUT2D eigenvalue weighted by atomic mass is 35.5. The fourth-order valence-corrected chi connectivity index (χ4v) is 4.36. The third kappa shape index (κ3) is 4.79. The second kappa shape index (κ2) is 8.96. The molecule has 1 amide bonds. The molecular weight excluding hydrogens is 429 g/mol. The third-order valence-corrected chi connectivity index (χ3v) is 6.22. The van der Waals surface area contributed by atoms with E-state index in [2.05, 4.69) is 15.4 Å². The molecule has 2 fully saturated rings. The van der Waals surface area contributed by atoms with Crippen LogP contribution in [0.15, 0.2) is 28.8 Å². The van der Waals surface area contributed by atoms with Crippen molar-refractivity contribution in [1.82, 2.24) is 15.4 Å². The maximum Gasteiger partial charge on any atom is 0.312 e. The number of methoxy groups -OCH3 is 1. The highest BCUT2D eigenvalue weighted by molar-refractivity contribution is 6.36. The number of nitrogens with one attached hydrogen (secondary N) is 1. The van der Waals surface area contributed by atoms with Crippen LogP contribution >= 0.6 is 23.2 Å². The number of piperidine rings is 1. The van der Waals surface area contributed by atoms with E-state index in [0.29, 0.717) is 34.3 Å². The number of hydrogen-bond acceptors (Lipinski definition) is 6. The van der Waals surface area contributed by atoms with Crippen LogP contribution in [0.25, 0.3) is 11.3 Å². The van der Waals surface area contributed by atoms with E-state index in [-0.39, 0.29) is 17.7 Å². The summed E-state index contributed by atoms with van der Waals surface area (Å²) in [5.41, 5.74) is 0.716. The summed E-state index contributed by atoms with van der Waals surface area (Å²) in [6.45, 7) is 2.42. The van der Waals surface area contributed by atoms with Crippen molar-refractivity contribution in [2.75, 3.05) is 26.7 Å². The highest BCUT2D eigenvalue weighted by Gasteiger charge is 2.38. The average Bonchev–Trinajstić information content (AvgIpc) is 3.40. The Morgan fingerprint density at radius 1 is 1.27 bits per heavy atom. The van der Waals surface area contributed by atoms with Crippen molar-refractivity contribution >= 4 is 35.1 Å². The number of nitrogens with zero attached hydrogens (tertiary/aromatic N) is 2. The Kier molecular flexibility index (Phi) is 6.32. The normalized spacial score (nSPS) is 22.0. The number of ether oxygens (including phenoxy) is 1. The molecule has 2 atom stereocenters. The van der Waals surface area contributed by atoms with Gasteiger partial charge in [-0.3, -0.25) is 9.59 Å². The summed E-state index contributed by atoms with van der Waals surface area (Å²) < 4.78 is 10.3. The predicted molar refractivity (Wildman–Crippen MR) is 113 cm³/mol. The van der Waals surface area contributed by atoms with Crippen LogP contribution in [0.1, 0.15) is 29.8 Å². The molecule has 2 aliphatic rings. The lowest BCUT2D eigenvalue weighted by atomic mass is 9.91. The van der Waals surface area contributed by atoms with Gasteiger partial charge < -0.3 is 19.5 Å². The summed E-state index contributed by atoms with van der Waals surface area (Å²) in [6.07, 6.45) is 3.18. The first kappa shape index (κ1) is 21.2. The quantitative estimate of drug-likeness (QED) is 0.674. The fraction of sp³-hybridized carbons (Fsp3) is 0.476. The van der Waals surface area contributed by atoms with E-state index in [1.807, 2.05) is 0 Å². The van der Waals surface area contributed by atoms with Gasteiger partial charge in [-0.1, -0.05) is 28.4 Å². The van der Waals surface area contributed by atoms with E-state index in [1.165, 1.54) is 26.0 Å². The lowest BCUT2D eigenvalue weighted by Gasteiger charge is -2.37. The number of amides is 1. The van der Waals surface area contributed by atoms with Crippen LogP contribution in [0.5, 0.6) is 0 Å². The summed E-state index contributed by atoms with van der Waals surface area (Å²) in [6, 6.07) is 6.19. The minimum atomic E-state index is -0.413. The minimum Gasteiger partial charge on any atom is -0.469 e. The van der Waals surface area contributed by atoms with Crippen LogP contribution in [0, 0.1) is 11.8 Å². The molecule has 2 aromatic rings. The van der Waals surface area contributed by atoms with Crippen LogP contribution in [0.4, 0.5) is 0 Å². The number of hydrogen-bond donors (Lipinski definition) is 1. The van der Waals surface area contributed by atoms with Crippen molar-refractivity contribution < 1.29 is 18.8 Å². The van der Waals surface area contributed by atoms with Crippen molar-refractivity contribution in [2.45, 2.75) is 25.3 Å². The van der Waals surface area contributed by atoms with E-state index in [4.69, 9.17) is 32.5 Å². The minimum absolute atomic E-state index is 0.125. The molecule has 2 unspecified atom stereocenters. The zero-order valence-electron chi connectivity index (χ0n) is 16.6. The Labute approximate surface area is 184 Å². The van der Waals surface area contributed by atoms with Gasteiger partial charge in [-0.05, 0) is 43.4 Å². The van der Waals surface area contributed by atoms with Crippen LogP contribution < -0.4 is 5.32 Å². The van der Waals surface area contributed by atoms with Crippen molar-refractivity contribution in [1.29, 1.82) is 0 Å². The molecule has 1 saturated carbocycles. The van der Waals surface area contributed by atoms with Gasteiger partial charge in [0.1, 0.15) is 0 Å². The first-order valence-electron chi connectivity index (χ1n) is 9.97. The van der Waals surface area contributed by atoms with Crippen molar-refractivity contribution in [3.05, 3.63) is 40.0 Å². The van der Waals surface area contributed by atoms with Crippen LogP contribution in [-0.2, 0) is 9.53 Å². The van der Waals surface area contributed by atoms with Crippen molar-refractivity contribution in [2.24, 2.45) is 11.8 Å². The molecule has 2 heterocycles. The number of esters is 1. The zero-order chi connectivity index (χ0) is 21.3. The summed E-state index contributed by atoms with van der Waals surface area (Å²) in [7, 11) is 1.38. The molecule has 1 saturated heterocycles. The SMILES string of the molecule is COC(=O)C1CN(CC2CC2)CCC1NC(=O)c1cc(-c2ccc(Cl)cc2Cl)on1. The van der Waals surface area contributed by atoms with Gasteiger partial charge in [0.2, 0.25) is 0 Å². The van der Waals surface area contributed by atoms with Gasteiger partial charge in [-0.15, -0.1) is 0 Å². The first-order valence-corrected chi connectivity index (χ1v) is 10.7. The molecule has 1 aromatic carbocycles. The molecule has 1 N–H and O–H groups in total. The number of aromatic nitrogens is 1. The standard InChI is InChI=1S/C21H23Cl2N3O4/c1-29-21(28)15-11-26(10-12-2-3-12)7-6-17(15)24-20(27)18-9-19(30-25-18)14-5-4-13(22)8-16(14)23/h4-5,8-9,12,15,17H,2-3,6-7,10-11H2,1H3,(H,24,27). The monoisotopic (exact) mass is 451 g/mol. The van der Waals surface area contributed by atoms with Gasteiger partial charge in [0.25, 0.3) is 5.91 Å². The molecule has 1 aliphatic carbocycles. The van der Waals surface area contributed by atoms with Crippen LogP contribution in [0.2, 0.25) is 10.0 Å². The van der Waals surface area contributed by atoms with Gasteiger partial charge in [0.15, 0.2) is 11.5 Å². The van der Waals surface area contributed by atoms with E-state index < -0.39 is 11.8 Å². The molecule has 0 spiro atoms. The fourth-order valence-electron chi connectivity index (χ4n) is 3.85. The van der Waals surface area contributed by atoms with E-state index >= 15 is 0 Å². The molecule has 160 valence electrons. The lowest BCUT2D eigenvalue weighted by molar-refractivity contribution is -0.148. The molecule has 0 bridgehead atoms. The van der Waals surface area contributed by atoms with Crippen molar-refractivity contribution in [3.8, 4) is 11.3 Å². The third-order valence-electron chi connectivity index (χ3n) is 5.67. The Hall–Kier alpha value is -2.09. The molecule has 30 heavy (non-hydrogen) atoms. The molecule has 0 radical (unpaired) electrons. The molecule has 4 rings (SSSR count). The number of carbonyl (C=O) groups is 2. The Bertz CT molecular complexity index is 944. The number of benzene rings is 1. The number of halogens is 2. The topological polar surface area (TPSA) is 84.7 Å². The molecular formula is C21H23Cl2N3O4. The molecule has 1 aromatic heterocycles. The summed E-state index contributed by atoms with van der Waals surface area (Å²) >= 11 is 12.1. The van der Waals surface area contributed by atoms with Crippen molar-refractivity contribution in [3.63, 3.8) is 0 Å². The molecule has 1 aliphatic heterocycles. The Balaban J connectivity index is 1.44. The zero-order valence-corrected chi connectivity index (χ0v) is 18.1.